The molecule has 148 valence electrons. The van der Waals surface area contributed by atoms with Gasteiger partial charge in [0.25, 0.3) is 0 Å². The summed E-state index contributed by atoms with van der Waals surface area (Å²) in [7, 11) is 3.80. The van der Waals surface area contributed by atoms with Gasteiger partial charge in [0.15, 0.2) is 0 Å². The van der Waals surface area contributed by atoms with Gasteiger partial charge in [-0.25, -0.2) is 9.48 Å². The molecule has 2 heterocycles. The molecule has 8 heteroatoms. The molecule has 1 fully saturated rings. The topological polar surface area (TPSA) is 59.8 Å². The third-order valence-electron chi connectivity index (χ3n) is 4.15. The highest BCUT2D eigenvalue weighted by molar-refractivity contribution is 14.1. The van der Waals surface area contributed by atoms with E-state index in [-0.39, 0.29) is 12.3 Å². The van der Waals surface area contributed by atoms with Crippen LogP contribution in [0.3, 0.4) is 0 Å². The SMILES string of the molecule is CN(CCN(C)C(=O)OC(C)(C)C)Cc1nn(C2CCCCO2)cc1I. The van der Waals surface area contributed by atoms with Crippen molar-refractivity contribution in [3.63, 3.8) is 0 Å². The van der Waals surface area contributed by atoms with Crippen molar-refractivity contribution in [2.24, 2.45) is 0 Å². The quantitative estimate of drug-likeness (QED) is 0.586. The summed E-state index contributed by atoms with van der Waals surface area (Å²) in [5.41, 5.74) is 0.573. The highest BCUT2D eigenvalue weighted by Gasteiger charge is 2.21. The summed E-state index contributed by atoms with van der Waals surface area (Å²) < 4.78 is 14.3. The van der Waals surface area contributed by atoms with Crippen LogP contribution in [0.4, 0.5) is 4.79 Å². The predicted molar refractivity (Wildman–Crippen MR) is 109 cm³/mol. The van der Waals surface area contributed by atoms with E-state index in [9.17, 15) is 4.79 Å². The second-order valence-electron chi connectivity index (χ2n) is 7.86. The summed E-state index contributed by atoms with van der Waals surface area (Å²) in [4.78, 5) is 15.8. The Bertz CT molecular complexity index is 594. The van der Waals surface area contributed by atoms with E-state index in [0.29, 0.717) is 6.54 Å². The summed E-state index contributed by atoms with van der Waals surface area (Å²) in [6.45, 7) is 8.53. The molecular formula is C18H31IN4O3. The minimum absolute atomic E-state index is 0.0645. The lowest BCUT2D eigenvalue weighted by Gasteiger charge is -2.26. The molecule has 0 saturated carbocycles. The van der Waals surface area contributed by atoms with Crippen LogP contribution in [0.2, 0.25) is 0 Å². The van der Waals surface area contributed by atoms with Gasteiger partial charge in [0.2, 0.25) is 0 Å². The van der Waals surface area contributed by atoms with Crippen LogP contribution in [0.1, 0.15) is 52.0 Å². The van der Waals surface area contributed by atoms with Crippen LogP contribution in [0.5, 0.6) is 0 Å². The van der Waals surface area contributed by atoms with Crippen molar-refractivity contribution in [2.45, 2.75) is 58.4 Å². The maximum Gasteiger partial charge on any atom is 0.410 e. The van der Waals surface area contributed by atoms with Crippen molar-refractivity contribution in [3.8, 4) is 0 Å². The first-order valence-corrected chi connectivity index (χ1v) is 10.2. The number of nitrogens with zero attached hydrogens (tertiary/aromatic N) is 4. The molecule has 2 rings (SSSR count). The highest BCUT2D eigenvalue weighted by Crippen LogP contribution is 2.24. The summed E-state index contributed by atoms with van der Waals surface area (Å²) in [5, 5.41) is 4.72. The third-order valence-corrected chi connectivity index (χ3v) is 5.05. The van der Waals surface area contributed by atoms with Crippen LogP contribution >= 0.6 is 22.6 Å². The van der Waals surface area contributed by atoms with Gasteiger partial charge in [-0.3, -0.25) is 4.90 Å². The molecule has 26 heavy (non-hydrogen) atoms. The summed E-state index contributed by atoms with van der Waals surface area (Å²) in [6.07, 6.45) is 5.18. The number of hydrogen-bond donors (Lipinski definition) is 0. The number of aromatic nitrogens is 2. The van der Waals surface area contributed by atoms with Gasteiger partial charge in [-0.1, -0.05) is 0 Å². The molecule has 0 radical (unpaired) electrons. The number of hydrogen-bond acceptors (Lipinski definition) is 5. The molecule has 1 atom stereocenters. The molecule has 0 aliphatic carbocycles. The van der Waals surface area contributed by atoms with Crippen LogP contribution in [0, 0.1) is 3.57 Å². The van der Waals surface area contributed by atoms with Gasteiger partial charge in [-0.05, 0) is 69.7 Å². The molecule has 1 aromatic heterocycles. The zero-order chi connectivity index (χ0) is 19.3. The molecule has 1 aromatic rings. The van der Waals surface area contributed by atoms with Crippen molar-refractivity contribution in [1.82, 2.24) is 19.6 Å². The Morgan fingerprint density at radius 1 is 1.38 bits per heavy atom. The normalized spacial score (nSPS) is 18.2. The van der Waals surface area contributed by atoms with Gasteiger partial charge in [-0.2, -0.15) is 5.10 Å². The van der Waals surface area contributed by atoms with Crippen LogP contribution < -0.4 is 0 Å². The largest absolute Gasteiger partial charge is 0.444 e. The van der Waals surface area contributed by atoms with E-state index in [1.165, 1.54) is 6.42 Å². The van der Waals surface area contributed by atoms with Crippen LogP contribution in [0.15, 0.2) is 6.20 Å². The molecule has 0 spiro atoms. The van der Waals surface area contributed by atoms with E-state index in [1.54, 1.807) is 11.9 Å². The average molecular weight is 478 g/mol. The van der Waals surface area contributed by atoms with Crippen molar-refractivity contribution < 1.29 is 14.3 Å². The zero-order valence-corrected chi connectivity index (χ0v) is 18.7. The van der Waals surface area contributed by atoms with E-state index in [2.05, 4.69) is 33.7 Å². The van der Waals surface area contributed by atoms with Crippen molar-refractivity contribution in [2.75, 3.05) is 33.8 Å². The van der Waals surface area contributed by atoms with Crippen molar-refractivity contribution in [3.05, 3.63) is 15.5 Å². The van der Waals surface area contributed by atoms with Gasteiger partial charge < -0.3 is 14.4 Å². The molecular weight excluding hydrogens is 447 g/mol. The summed E-state index contributed by atoms with van der Waals surface area (Å²) in [6, 6.07) is 0. The van der Waals surface area contributed by atoms with Crippen molar-refractivity contribution in [1.29, 1.82) is 0 Å². The fourth-order valence-corrected chi connectivity index (χ4v) is 3.24. The second-order valence-corrected chi connectivity index (χ2v) is 9.03. The highest BCUT2D eigenvalue weighted by atomic mass is 127. The van der Waals surface area contributed by atoms with Gasteiger partial charge in [0, 0.05) is 39.5 Å². The first kappa shape index (κ1) is 21.4. The molecule has 1 saturated heterocycles. The molecule has 1 amide bonds. The predicted octanol–water partition coefficient (Wildman–Crippen LogP) is 3.49. The number of carbonyl (C=O) groups is 1. The first-order chi connectivity index (χ1) is 12.2. The number of likely N-dealkylation sites (N-methyl/N-ethyl adjacent to an activating group) is 2. The van der Waals surface area contributed by atoms with Gasteiger partial charge in [0.05, 0.1) is 9.26 Å². The fraction of sp³-hybridized carbons (Fsp3) is 0.778. The third kappa shape index (κ3) is 6.70. The van der Waals surface area contributed by atoms with Crippen LogP contribution in [-0.4, -0.2) is 65.1 Å². The van der Waals surface area contributed by atoms with Gasteiger partial charge >= 0.3 is 6.09 Å². The van der Waals surface area contributed by atoms with Crippen molar-refractivity contribution >= 4 is 28.7 Å². The number of halogens is 1. The zero-order valence-electron chi connectivity index (χ0n) is 16.5. The molecule has 1 aliphatic rings. The number of ether oxygens (including phenoxy) is 2. The van der Waals surface area contributed by atoms with E-state index in [0.717, 1.165) is 41.8 Å². The van der Waals surface area contributed by atoms with E-state index < -0.39 is 5.60 Å². The molecule has 1 aliphatic heterocycles. The minimum Gasteiger partial charge on any atom is -0.444 e. The minimum atomic E-state index is -0.471. The second kappa shape index (κ2) is 9.36. The Kier molecular flexibility index (Phi) is 7.72. The maximum atomic E-state index is 12.0. The van der Waals surface area contributed by atoms with E-state index in [4.69, 9.17) is 14.6 Å². The fourth-order valence-electron chi connectivity index (χ4n) is 2.68. The monoisotopic (exact) mass is 478 g/mol. The van der Waals surface area contributed by atoms with Gasteiger partial charge in [-0.15, -0.1) is 0 Å². The lowest BCUT2D eigenvalue weighted by Crippen LogP contribution is -2.38. The molecule has 7 nitrogen and oxygen atoms in total. The summed E-state index contributed by atoms with van der Waals surface area (Å²) in [5.74, 6) is 0. The maximum absolute atomic E-state index is 12.0. The van der Waals surface area contributed by atoms with Gasteiger partial charge in [0.1, 0.15) is 11.8 Å². The lowest BCUT2D eigenvalue weighted by molar-refractivity contribution is -0.0398. The molecule has 0 bridgehead atoms. The molecule has 0 aromatic carbocycles. The van der Waals surface area contributed by atoms with Crippen LogP contribution in [0.25, 0.3) is 0 Å². The Hall–Kier alpha value is -0.870. The standard InChI is InChI=1S/C18H31IN4O3/c1-18(2,3)26-17(24)22(5)10-9-21(4)13-15-14(19)12-23(20-15)16-8-6-7-11-25-16/h12,16H,6-11,13H2,1-5H3. The average Bonchev–Trinajstić information content (AvgIpc) is 2.92. The number of rotatable bonds is 6. The Balaban J connectivity index is 1.83. The molecule has 1 unspecified atom stereocenters. The molecule has 0 N–H and O–H groups in total. The first-order valence-electron chi connectivity index (χ1n) is 9.13. The van der Waals surface area contributed by atoms with E-state index >= 15 is 0 Å². The van der Waals surface area contributed by atoms with E-state index in [1.807, 2.05) is 32.5 Å². The Labute approximate surface area is 170 Å². The number of amides is 1. The lowest BCUT2D eigenvalue weighted by atomic mass is 10.2. The smallest absolute Gasteiger partial charge is 0.410 e. The number of carbonyl (C=O) groups excluding carboxylic acids is 1. The Morgan fingerprint density at radius 2 is 2.12 bits per heavy atom. The summed E-state index contributed by atoms with van der Waals surface area (Å²) >= 11 is 2.33. The van der Waals surface area contributed by atoms with Crippen LogP contribution in [-0.2, 0) is 16.0 Å². The Morgan fingerprint density at radius 3 is 2.73 bits per heavy atom.